The van der Waals surface area contributed by atoms with Gasteiger partial charge in [-0.1, -0.05) is 15.9 Å². The maximum Gasteiger partial charge on any atom is 0.310 e. The van der Waals surface area contributed by atoms with Crippen molar-refractivity contribution in [2.75, 3.05) is 24.6 Å². The number of rotatable bonds is 3. The van der Waals surface area contributed by atoms with Crippen molar-refractivity contribution in [2.45, 2.75) is 19.8 Å². The average molecular weight is 352 g/mol. The van der Waals surface area contributed by atoms with Crippen LogP contribution in [0.15, 0.2) is 22.7 Å². The summed E-state index contributed by atoms with van der Waals surface area (Å²) in [7, 11) is 0. The number of nitrogens with one attached hydrogen (secondary N) is 1. The highest BCUT2D eigenvalue weighted by Gasteiger charge is 2.28. The number of hydrogen-bond acceptors (Lipinski definition) is 4. The highest BCUT2D eigenvalue weighted by atomic mass is 79.9. The van der Waals surface area contributed by atoms with Crippen molar-refractivity contribution < 1.29 is 9.53 Å². The largest absolute Gasteiger partial charge is 0.466 e. The second kappa shape index (κ2) is 6.05. The van der Waals surface area contributed by atoms with E-state index in [4.69, 9.17) is 4.74 Å². The summed E-state index contributed by atoms with van der Waals surface area (Å²) in [5.41, 5.74) is 1.93. The number of esters is 1. The summed E-state index contributed by atoms with van der Waals surface area (Å²) in [6, 6.07) is 5.97. The van der Waals surface area contributed by atoms with E-state index in [1.165, 1.54) is 0 Å². The maximum atomic E-state index is 11.9. The number of ether oxygens (including phenoxy) is 1. The molecule has 1 fully saturated rings. The summed E-state index contributed by atoms with van der Waals surface area (Å²) in [6.07, 6.45) is 1.87. The lowest BCUT2D eigenvalue weighted by atomic mass is 9.98. The number of benzene rings is 1. The molecule has 1 aliphatic heterocycles. The minimum atomic E-state index is -0.0962. The minimum absolute atomic E-state index is 0.0568. The van der Waals surface area contributed by atoms with Crippen molar-refractivity contribution in [2.24, 2.45) is 5.92 Å². The molecule has 0 radical (unpaired) electrons. The topological polar surface area (TPSA) is 58.2 Å². The van der Waals surface area contributed by atoms with Crippen molar-refractivity contribution in [1.82, 2.24) is 9.97 Å². The predicted octanol–water partition coefficient (Wildman–Crippen LogP) is 3.10. The zero-order valence-corrected chi connectivity index (χ0v) is 13.5. The number of anilines is 1. The van der Waals surface area contributed by atoms with Crippen LogP contribution in [-0.4, -0.2) is 35.6 Å². The molecule has 1 aliphatic rings. The third kappa shape index (κ3) is 3.05. The monoisotopic (exact) mass is 351 g/mol. The third-order valence-corrected chi connectivity index (χ3v) is 4.27. The number of aromatic nitrogens is 2. The summed E-state index contributed by atoms with van der Waals surface area (Å²) in [6.45, 7) is 3.86. The molecule has 0 spiro atoms. The van der Waals surface area contributed by atoms with E-state index in [9.17, 15) is 4.79 Å². The van der Waals surface area contributed by atoms with Crippen LogP contribution in [0, 0.1) is 5.92 Å². The molecule has 2 heterocycles. The van der Waals surface area contributed by atoms with Crippen molar-refractivity contribution in [3.8, 4) is 0 Å². The molecule has 0 saturated carbocycles. The Kier molecular flexibility index (Phi) is 4.14. The molecule has 1 saturated heterocycles. The molecular formula is C15H18BrN3O2. The van der Waals surface area contributed by atoms with Gasteiger partial charge in [0.2, 0.25) is 5.95 Å². The average Bonchev–Trinajstić information content (AvgIpc) is 2.90. The summed E-state index contributed by atoms with van der Waals surface area (Å²) >= 11 is 3.46. The van der Waals surface area contributed by atoms with Gasteiger partial charge in [0.1, 0.15) is 0 Å². The molecule has 1 aromatic heterocycles. The van der Waals surface area contributed by atoms with E-state index in [0.29, 0.717) is 13.2 Å². The first-order valence-electron chi connectivity index (χ1n) is 7.24. The molecule has 1 atom stereocenters. The highest BCUT2D eigenvalue weighted by Crippen LogP contribution is 2.25. The molecule has 1 aromatic carbocycles. The van der Waals surface area contributed by atoms with Crippen molar-refractivity contribution >= 4 is 38.9 Å². The van der Waals surface area contributed by atoms with Gasteiger partial charge in [-0.05, 0) is 38.0 Å². The fourth-order valence-electron chi connectivity index (χ4n) is 2.74. The lowest BCUT2D eigenvalue weighted by molar-refractivity contribution is -0.148. The van der Waals surface area contributed by atoms with Crippen LogP contribution >= 0.6 is 15.9 Å². The number of carbonyl (C=O) groups is 1. The smallest absolute Gasteiger partial charge is 0.310 e. The second-order valence-corrected chi connectivity index (χ2v) is 6.17. The number of fused-ring (bicyclic) bond motifs is 1. The second-order valence-electron chi connectivity index (χ2n) is 5.26. The van der Waals surface area contributed by atoms with Crippen LogP contribution in [0.25, 0.3) is 11.0 Å². The Morgan fingerprint density at radius 3 is 3.24 bits per heavy atom. The Hall–Kier alpha value is -1.56. The van der Waals surface area contributed by atoms with E-state index >= 15 is 0 Å². The normalized spacial score (nSPS) is 19.0. The van der Waals surface area contributed by atoms with E-state index in [0.717, 1.165) is 40.8 Å². The van der Waals surface area contributed by atoms with Crippen molar-refractivity contribution in [3.63, 3.8) is 0 Å². The van der Waals surface area contributed by atoms with E-state index in [-0.39, 0.29) is 11.9 Å². The van der Waals surface area contributed by atoms with Gasteiger partial charge in [0.25, 0.3) is 0 Å². The van der Waals surface area contributed by atoms with Crippen molar-refractivity contribution in [1.29, 1.82) is 0 Å². The first-order chi connectivity index (χ1) is 10.2. The molecule has 0 aliphatic carbocycles. The van der Waals surface area contributed by atoms with Crippen LogP contribution in [-0.2, 0) is 9.53 Å². The van der Waals surface area contributed by atoms with Crippen molar-refractivity contribution in [3.05, 3.63) is 22.7 Å². The summed E-state index contributed by atoms with van der Waals surface area (Å²) in [4.78, 5) is 22.0. The van der Waals surface area contributed by atoms with Gasteiger partial charge in [-0.25, -0.2) is 4.98 Å². The Morgan fingerprint density at radius 1 is 1.57 bits per heavy atom. The summed E-state index contributed by atoms with van der Waals surface area (Å²) < 4.78 is 6.16. The molecule has 1 unspecified atom stereocenters. The first-order valence-corrected chi connectivity index (χ1v) is 8.03. The molecular weight excluding hydrogens is 334 g/mol. The van der Waals surface area contributed by atoms with Crippen LogP contribution in [0.2, 0.25) is 0 Å². The van der Waals surface area contributed by atoms with Gasteiger partial charge >= 0.3 is 5.97 Å². The number of nitrogens with zero attached hydrogens (tertiary/aromatic N) is 2. The Bertz CT molecular complexity index is 655. The molecule has 5 nitrogen and oxygen atoms in total. The molecule has 1 N–H and O–H groups in total. The van der Waals surface area contributed by atoms with E-state index in [1.807, 2.05) is 25.1 Å². The minimum Gasteiger partial charge on any atom is -0.466 e. The van der Waals surface area contributed by atoms with Crippen LogP contribution in [0.4, 0.5) is 5.95 Å². The lowest BCUT2D eigenvalue weighted by Crippen LogP contribution is -2.40. The van der Waals surface area contributed by atoms with E-state index in [2.05, 4.69) is 30.8 Å². The van der Waals surface area contributed by atoms with Gasteiger partial charge in [-0.3, -0.25) is 4.79 Å². The number of hydrogen-bond donors (Lipinski definition) is 1. The van der Waals surface area contributed by atoms with Gasteiger partial charge in [0.05, 0.1) is 23.6 Å². The molecule has 0 bridgehead atoms. The fraction of sp³-hybridized carbons (Fsp3) is 0.467. The number of H-pyrrole nitrogens is 1. The summed E-state index contributed by atoms with van der Waals surface area (Å²) in [5, 5.41) is 0. The third-order valence-electron chi connectivity index (χ3n) is 3.77. The molecule has 2 aromatic rings. The van der Waals surface area contributed by atoms with Crippen LogP contribution in [0.1, 0.15) is 19.8 Å². The highest BCUT2D eigenvalue weighted by molar-refractivity contribution is 9.10. The Labute approximate surface area is 131 Å². The van der Waals surface area contributed by atoms with Crippen LogP contribution in [0.5, 0.6) is 0 Å². The van der Waals surface area contributed by atoms with Gasteiger partial charge in [-0.15, -0.1) is 0 Å². The molecule has 21 heavy (non-hydrogen) atoms. The molecule has 0 amide bonds. The standard InChI is InChI=1S/C15H18BrN3O2/c1-2-21-14(20)10-4-3-7-19(9-10)15-17-12-6-5-11(16)8-13(12)18-15/h5-6,8,10H,2-4,7,9H2,1H3,(H,17,18). The Balaban J connectivity index is 1.79. The van der Waals surface area contributed by atoms with Crippen LogP contribution < -0.4 is 4.90 Å². The zero-order chi connectivity index (χ0) is 14.8. The number of aromatic amines is 1. The van der Waals surface area contributed by atoms with Gasteiger partial charge in [0, 0.05) is 17.6 Å². The molecule has 6 heteroatoms. The number of imidazole rings is 1. The van der Waals surface area contributed by atoms with Gasteiger partial charge in [-0.2, -0.15) is 0 Å². The van der Waals surface area contributed by atoms with Crippen LogP contribution in [0.3, 0.4) is 0 Å². The van der Waals surface area contributed by atoms with E-state index in [1.54, 1.807) is 0 Å². The zero-order valence-electron chi connectivity index (χ0n) is 11.9. The molecule has 3 rings (SSSR count). The quantitative estimate of drug-likeness (QED) is 0.863. The number of carbonyl (C=O) groups excluding carboxylic acids is 1. The fourth-order valence-corrected chi connectivity index (χ4v) is 3.10. The van der Waals surface area contributed by atoms with E-state index < -0.39 is 0 Å². The van der Waals surface area contributed by atoms with Gasteiger partial charge < -0.3 is 14.6 Å². The maximum absolute atomic E-state index is 11.9. The SMILES string of the molecule is CCOC(=O)C1CCCN(c2nc3ccc(Br)cc3[nH]2)C1. The van der Waals surface area contributed by atoms with Gasteiger partial charge in [0.15, 0.2) is 0 Å². The lowest BCUT2D eigenvalue weighted by Gasteiger charge is -2.31. The number of halogens is 1. The molecule has 112 valence electrons. The first kappa shape index (κ1) is 14.4. The number of piperidine rings is 1. The summed E-state index contributed by atoms with van der Waals surface area (Å²) in [5.74, 6) is 0.678. The predicted molar refractivity (Wildman–Crippen MR) is 85.4 cm³/mol. The Morgan fingerprint density at radius 2 is 2.43 bits per heavy atom.